The minimum atomic E-state index is -3.82. The van der Waals surface area contributed by atoms with Gasteiger partial charge in [0.15, 0.2) is 0 Å². The lowest BCUT2D eigenvalue weighted by Gasteiger charge is -2.07. The molecule has 130 valence electrons. The summed E-state index contributed by atoms with van der Waals surface area (Å²) in [6.07, 6.45) is 0.539. The van der Waals surface area contributed by atoms with Gasteiger partial charge in [0.2, 0.25) is 10.0 Å². The number of benzene rings is 2. The molecule has 0 bridgehead atoms. The van der Waals surface area contributed by atoms with Gasteiger partial charge >= 0.3 is 5.97 Å². The molecule has 25 heavy (non-hydrogen) atoms. The monoisotopic (exact) mass is 377 g/mol. The molecule has 0 spiro atoms. The second-order valence-electron chi connectivity index (χ2n) is 5.38. The smallest absolute Gasteiger partial charge is 0.339 e. The number of sulfonamides is 1. The molecule has 0 saturated carbocycles. The molecule has 0 radical (unpaired) electrons. The highest BCUT2D eigenvalue weighted by molar-refractivity contribution is 7.89. The van der Waals surface area contributed by atoms with Gasteiger partial charge in [-0.25, -0.2) is 17.9 Å². The van der Waals surface area contributed by atoms with E-state index in [-0.39, 0.29) is 17.0 Å². The molecule has 0 aliphatic carbocycles. The number of carbonyl (C=O) groups is 1. The molecule has 8 heteroatoms. The number of aromatic carboxylic acids is 1. The maximum Gasteiger partial charge on any atom is 0.339 e. The molecule has 0 saturated heterocycles. The van der Waals surface area contributed by atoms with Crippen LogP contribution in [0.4, 0.5) is 0 Å². The Hall–Kier alpha value is -2.42. The Labute approximate surface area is 148 Å². The van der Waals surface area contributed by atoms with Crippen LogP contribution in [0.15, 0.2) is 53.4 Å². The van der Waals surface area contributed by atoms with Crippen LogP contribution in [-0.2, 0) is 16.4 Å². The molecule has 0 fully saturated rings. The molecular weight excluding hydrogens is 362 g/mol. The molecule has 3 N–H and O–H groups in total. The summed E-state index contributed by atoms with van der Waals surface area (Å²) in [5.41, 5.74) is -0.343. The van der Waals surface area contributed by atoms with Crippen LogP contribution >= 0.6 is 11.3 Å². The van der Waals surface area contributed by atoms with Crippen LogP contribution in [0.1, 0.15) is 15.2 Å². The van der Waals surface area contributed by atoms with Gasteiger partial charge in [-0.05, 0) is 36.1 Å². The standard InChI is InChI=1S/C17H15NO5S2/c19-15-10-13(5-6-14(15)17(20)21)25(22,23)18-8-7-12-9-11-3-1-2-4-16(11)24-12/h1-6,9-10,18-19H,7-8H2,(H,20,21). The van der Waals surface area contributed by atoms with Crippen molar-refractivity contribution in [2.75, 3.05) is 6.54 Å². The molecule has 3 rings (SSSR count). The Balaban J connectivity index is 1.69. The first-order valence-corrected chi connectivity index (χ1v) is 9.70. The van der Waals surface area contributed by atoms with Gasteiger partial charge in [0.05, 0.1) is 4.90 Å². The predicted octanol–water partition coefficient (Wildman–Crippen LogP) is 2.83. The topological polar surface area (TPSA) is 104 Å². The lowest BCUT2D eigenvalue weighted by Crippen LogP contribution is -2.25. The Bertz CT molecular complexity index is 1010. The van der Waals surface area contributed by atoms with Crippen molar-refractivity contribution in [1.29, 1.82) is 0 Å². The van der Waals surface area contributed by atoms with Crippen molar-refractivity contribution in [3.63, 3.8) is 0 Å². The van der Waals surface area contributed by atoms with Gasteiger partial charge in [-0.15, -0.1) is 11.3 Å². The van der Waals surface area contributed by atoms with Gasteiger partial charge in [-0.2, -0.15) is 0 Å². The average molecular weight is 377 g/mol. The summed E-state index contributed by atoms with van der Waals surface area (Å²) in [4.78, 5) is 11.7. The van der Waals surface area contributed by atoms with Crippen LogP contribution < -0.4 is 4.72 Å². The molecule has 3 aromatic rings. The normalized spacial score (nSPS) is 11.7. The van der Waals surface area contributed by atoms with Gasteiger partial charge in [-0.3, -0.25) is 0 Å². The zero-order valence-electron chi connectivity index (χ0n) is 13.0. The minimum Gasteiger partial charge on any atom is -0.507 e. The first-order chi connectivity index (χ1) is 11.9. The number of nitrogens with one attached hydrogen (secondary N) is 1. The number of hydrogen-bond acceptors (Lipinski definition) is 5. The lowest BCUT2D eigenvalue weighted by molar-refractivity contribution is 0.0693. The number of phenols is 1. The number of rotatable bonds is 6. The second kappa shape index (κ2) is 6.83. The third kappa shape index (κ3) is 3.81. The highest BCUT2D eigenvalue weighted by Gasteiger charge is 2.18. The van der Waals surface area contributed by atoms with E-state index in [0.29, 0.717) is 6.42 Å². The van der Waals surface area contributed by atoms with Crippen LogP contribution in [-0.4, -0.2) is 31.1 Å². The van der Waals surface area contributed by atoms with E-state index in [1.54, 1.807) is 11.3 Å². The van der Waals surface area contributed by atoms with Gasteiger partial charge in [-0.1, -0.05) is 18.2 Å². The molecule has 0 unspecified atom stereocenters. The van der Waals surface area contributed by atoms with Crippen molar-refractivity contribution in [3.8, 4) is 5.75 Å². The molecular formula is C17H15NO5S2. The van der Waals surface area contributed by atoms with Gasteiger partial charge < -0.3 is 10.2 Å². The SMILES string of the molecule is O=C(O)c1ccc(S(=O)(=O)NCCc2cc3ccccc3s2)cc1O. The van der Waals surface area contributed by atoms with Crippen LogP contribution in [0, 0.1) is 0 Å². The van der Waals surface area contributed by atoms with E-state index < -0.39 is 21.7 Å². The Morgan fingerprint density at radius 2 is 1.88 bits per heavy atom. The van der Waals surface area contributed by atoms with Crippen LogP contribution in [0.25, 0.3) is 10.1 Å². The molecule has 0 aliphatic heterocycles. The quantitative estimate of drug-likeness (QED) is 0.613. The maximum atomic E-state index is 12.3. The zero-order valence-corrected chi connectivity index (χ0v) is 14.6. The molecule has 6 nitrogen and oxygen atoms in total. The summed E-state index contributed by atoms with van der Waals surface area (Å²) in [7, 11) is -3.82. The Morgan fingerprint density at radius 1 is 1.12 bits per heavy atom. The largest absolute Gasteiger partial charge is 0.507 e. The fraction of sp³-hybridized carbons (Fsp3) is 0.118. The number of aromatic hydroxyl groups is 1. The molecule has 0 atom stereocenters. The number of hydrogen-bond donors (Lipinski definition) is 3. The summed E-state index contributed by atoms with van der Waals surface area (Å²) in [6, 6.07) is 13.1. The average Bonchev–Trinajstić information content (AvgIpc) is 2.96. The summed E-state index contributed by atoms with van der Waals surface area (Å²) in [5, 5.41) is 19.6. The predicted molar refractivity (Wildman–Crippen MR) is 95.8 cm³/mol. The third-order valence-corrected chi connectivity index (χ3v) is 6.28. The summed E-state index contributed by atoms with van der Waals surface area (Å²) in [5.74, 6) is -1.90. The van der Waals surface area contributed by atoms with E-state index in [1.807, 2.05) is 30.3 Å². The first kappa shape index (κ1) is 17.4. The fourth-order valence-corrected chi connectivity index (χ4v) is 4.53. The summed E-state index contributed by atoms with van der Waals surface area (Å²) < 4.78 is 28.1. The van der Waals surface area contributed by atoms with Gasteiger partial charge in [0.25, 0.3) is 0 Å². The minimum absolute atomic E-state index is 0.175. The highest BCUT2D eigenvalue weighted by atomic mass is 32.2. The van der Waals surface area contributed by atoms with Crippen molar-refractivity contribution < 1.29 is 23.4 Å². The Morgan fingerprint density at radius 3 is 2.56 bits per heavy atom. The third-order valence-electron chi connectivity index (χ3n) is 3.65. The molecule has 1 heterocycles. The Kier molecular flexibility index (Phi) is 4.76. The van der Waals surface area contributed by atoms with E-state index in [2.05, 4.69) is 4.72 Å². The molecule has 0 amide bonds. The number of carboxylic acids is 1. The van der Waals surface area contributed by atoms with Gasteiger partial charge in [0, 0.05) is 22.2 Å². The number of carboxylic acid groups (broad SMARTS) is 1. The summed E-state index contributed by atoms with van der Waals surface area (Å²) in [6.45, 7) is 0.205. The number of fused-ring (bicyclic) bond motifs is 1. The van der Waals surface area contributed by atoms with Gasteiger partial charge in [0.1, 0.15) is 11.3 Å². The van der Waals surface area contributed by atoms with Crippen molar-refractivity contribution in [2.45, 2.75) is 11.3 Å². The zero-order chi connectivity index (χ0) is 18.0. The van der Waals surface area contributed by atoms with Crippen LogP contribution in [0.3, 0.4) is 0 Å². The van der Waals surface area contributed by atoms with Crippen LogP contribution in [0.2, 0.25) is 0 Å². The lowest BCUT2D eigenvalue weighted by atomic mass is 10.2. The first-order valence-electron chi connectivity index (χ1n) is 7.40. The fourth-order valence-electron chi connectivity index (χ4n) is 2.41. The molecule has 1 aromatic heterocycles. The second-order valence-corrected chi connectivity index (χ2v) is 8.32. The van der Waals surface area contributed by atoms with E-state index in [1.165, 1.54) is 0 Å². The highest BCUT2D eigenvalue weighted by Crippen LogP contribution is 2.25. The van der Waals surface area contributed by atoms with Crippen LogP contribution in [0.5, 0.6) is 5.75 Å². The number of thiophene rings is 1. The molecule has 0 aliphatic rings. The van der Waals surface area contributed by atoms with Crippen molar-refractivity contribution in [2.24, 2.45) is 0 Å². The van der Waals surface area contributed by atoms with Crippen molar-refractivity contribution in [1.82, 2.24) is 4.72 Å². The van der Waals surface area contributed by atoms with E-state index in [4.69, 9.17) is 5.11 Å². The van der Waals surface area contributed by atoms with E-state index in [9.17, 15) is 18.3 Å². The molecule has 2 aromatic carbocycles. The van der Waals surface area contributed by atoms with Crippen molar-refractivity contribution >= 4 is 37.4 Å². The summed E-state index contributed by atoms with van der Waals surface area (Å²) >= 11 is 1.61. The van der Waals surface area contributed by atoms with Crippen molar-refractivity contribution in [3.05, 3.63) is 59.0 Å². The van der Waals surface area contributed by atoms with E-state index >= 15 is 0 Å². The maximum absolute atomic E-state index is 12.3. The van der Waals surface area contributed by atoms with E-state index in [0.717, 1.165) is 33.2 Å².